The number of anilines is 1. The third-order valence-corrected chi connectivity index (χ3v) is 7.60. The molecular weight excluding hydrogens is 460 g/mol. The van der Waals surface area contributed by atoms with Gasteiger partial charge in [0.2, 0.25) is 0 Å². The second-order valence-corrected chi connectivity index (χ2v) is 10.7. The number of hydrogen-bond donors (Lipinski definition) is 1. The number of nitrogens with zero attached hydrogens (tertiary/aromatic N) is 3. The Balaban J connectivity index is 2.03. The van der Waals surface area contributed by atoms with E-state index < -0.39 is 10.8 Å². The van der Waals surface area contributed by atoms with E-state index in [2.05, 4.69) is 6.07 Å². The van der Waals surface area contributed by atoms with Crippen LogP contribution in [0, 0.1) is 26.9 Å². The van der Waals surface area contributed by atoms with E-state index in [4.69, 9.17) is 17.3 Å². The largest absolute Gasteiger partial charge is 0.384 e. The third-order valence-electron chi connectivity index (χ3n) is 6.07. The number of nitro benzene ring substituents is 1. The second-order valence-electron chi connectivity index (χ2n) is 9.03. The fourth-order valence-corrected chi connectivity index (χ4v) is 5.88. The van der Waals surface area contributed by atoms with Crippen LogP contribution in [0.2, 0.25) is 5.02 Å². The van der Waals surface area contributed by atoms with Gasteiger partial charge in [-0.3, -0.25) is 19.8 Å². The number of nitriles is 1. The van der Waals surface area contributed by atoms with E-state index in [9.17, 15) is 20.2 Å². The van der Waals surface area contributed by atoms with Crippen LogP contribution < -0.4 is 10.6 Å². The maximum absolute atomic E-state index is 13.5. The van der Waals surface area contributed by atoms with Crippen LogP contribution in [-0.2, 0) is 11.2 Å². The highest BCUT2D eigenvalue weighted by Gasteiger charge is 2.46. The molecule has 33 heavy (non-hydrogen) atoms. The monoisotopic (exact) mass is 482 g/mol. The van der Waals surface area contributed by atoms with Crippen molar-refractivity contribution in [2.75, 3.05) is 4.90 Å². The summed E-state index contributed by atoms with van der Waals surface area (Å²) in [7, 11) is 0. The maximum Gasteiger partial charge on any atom is 0.294 e. The van der Waals surface area contributed by atoms with E-state index >= 15 is 0 Å². The molecule has 2 aromatic rings. The Morgan fingerprint density at radius 2 is 2.06 bits per heavy atom. The molecule has 1 unspecified atom stereocenters. The highest BCUT2D eigenvalue weighted by Crippen LogP contribution is 2.52. The molecule has 1 aliphatic heterocycles. The Labute approximate surface area is 200 Å². The number of aryl methyl sites for hydroxylation is 1. The van der Waals surface area contributed by atoms with Gasteiger partial charge in [0, 0.05) is 38.5 Å². The van der Waals surface area contributed by atoms with Crippen molar-refractivity contribution in [1.29, 1.82) is 5.26 Å². The SMILES string of the molecule is CCc1ccc(C2C(C#N)=C(N)N(c3ccc(Cl)cc3[N+](=O)[O-])C3=C2C(=O)CC(C)(C)C3)s1. The number of Topliss-reactive ketones (excluding diaryl/α,β-unsaturated/α-hetero) is 1. The normalized spacial score (nSPS) is 20.0. The van der Waals surface area contributed by atoms with Gasteiger partial charge in [-0.15, -0.1) is 11.3 Å². The smallest absolute Gasteiger partial charge is 0.294 e. The number of carbonyl (C=O) groups is 1. The van der Waals surface area contributed by atoms with E-state index in [1.807, 2.05) is 32.9 Å². The van der Waals surface area contributed by atoms with Crippen molar-refractivity contribution in [3.05, 3.63) is 77.9 Å². The van der Waals surface area contributed by atoms with Gasteiger partial charge < -0.3 is 5.73 Å². The van der Waals surface area contributed by atoms with Gasteiger partial charge in [0.25, 0.3) is 5.69 Å². The van der Waals surface area contributed by atoms with Crippen LogP contribution in [-0.4, -0.2) is 10.7 Å². The van der Waals surface area contributed by atoms with Crippen molar-refractivity contribution in [3.63, 3.8) is 0 Å². The highest BCUT2D eigenvalue weighted by atomic mass is 35.5. The van der Waals surface area contributed by atoms with Crippen LogP contribution in [0.4, 0.5) is 11.4 Å². The van der Waals surface area contributed by atoms with Gasteiger partial charge in [-0.2, -0.15) is 5.26 Å². The molecular formula is C24H23ClN4O3S. The summed E-state index contributed by atoms with van der Waals surface area (Å²) in [5.41, 5.74) is 7.46. The lowest BCUT2D eigenvalue weighted by atomic mass is 9.69. The maximum atomic E-state index is 13.5. The predicted octanol–water partition coefficient (Wildman–Crippen LogP) is 5.81. The summed E-state index contributed by atoms with van der Waals surface area (Å²) in [6.45, 7) is 6.02. The number of benzene rings is 1. The van der Waals surface area contributed by atoms with Crippen molar-refractivity contribution in [1.82, 2.24) is 0 Å². The quantitative estimate of drug-likeness (QED) is 0.434. The number of halogens is 1. The van der Waals surface area contributed by atoms with Crippen molar-refractivity contribution < 1.29 is 9.72 Å². The summed E-state index contributed by atoms with van der Waals surface area (Å²) in [6, 6.07) is 10.4. The Kier molecular flexibility index (Phi) is 5.81. The minimum Gasteiger partial charge on any atom is -0.384 e. The van der Waals surface area contributed by atoms with Crippen LogP contribution >= 0.6 is 22.9 Å². The average molecular weight is 483 g/mol. The van der Waals surface area contributed by atoms with Crippen molar-refractivity contribution in [2.45, 2.75) is 46.0 Å². The molecule has 2 N–H and O–H groups in total. The average Bonchev–Trinajstić information content (AvgIpc) is 3.21. The number of ketones is 1. The van der Waals surface area contributed by atoms with Gasteiger partial charge >= 0.3 is 0 Å². The molecule has 1 atom stereocenters. The number of hydrogen-bond acceptors (Lipinski definition) is 7. The van der Waals surface area contributed by atoms with Gasteiger partial charge in [-0.25, -0.2) is 0 Å². The van der Waals surface area contributed by atoms with Gasteiger partial charge in [-0.1, -0.05) is 32.4 Å². The lowest BCUT2D eigenvalue weighted by Gasteiger charge is -2.43. The number of rotatable bonds is 4. The molecule has 2 heterocycles. The lowest BCUT2D eigenvalue weighted by Crippen LogP contribution is -2.42. The first-order valence-corrected chi connectivity index (χ1v) is 11.8. The molecule has 7 nitrogen and oxygen atoms in total. The first-order valence-electron chi connectivity index (χ1n) is 10.6. The summed E-state index contributed by atoms with van der Waals surface area (Å²) in [5.74, 6) is -0.551. The third kappa shape index (κ3) is 3.92. The van der Waals surface area contributed by atoms with E-state index in [1.165, 1.54) is 23.1 Å². The standard InChI is InChI=1S/C24H23ClN4O3S/c1-4-14-6-8-20(33-14)21-15(12-26)23(27)28(16-7-5-13(25)9-17(16)29(31)32)18-10-24(2,3)11-19(30)22(18)21/h5-9,21H,4,10-11,27H2,1-3H3. The van der Waals surface area contributed by atoms with E-state index in [-0.39, 0.29) is 39.0 Å². The summed E-state index contributed by atoms with van der Waals surface area (Å²) in [6.07, 6.45) is 1.65. The van der Waals surface area contributed by atoms with Crippen LogP contribution in [0.1, 0.15) is 49.3 Å². The lowest BCUT2D eigenvalue weighted by molar-refractivity contribution is -0.384. The first-order chi connectivity index (χ1) is 15.6. The van der Waals surface area contributed by atoms with Crippen molar-refractivity contribution in [3.8, 4) is 6.07 Å². The number of nitro groups is 1. The van der Waals surface area contributed by atoms with Gasteiger partial charge in [0.15, 0.2) is 5.78 Å². The predicted molar refractivity (Wildman–Crippen MR) is 129 cm³/mol. The fourth-order valence-electron chi connectivity index (χ4n) is 4.64. The molecule has 4 rings (SSSR count). The molecule has 0 fully saturated rings. The highest BCUT2D eigenvalue weighted by molar-refractivity contribution is 7.12. The van der Waals surface area contributed by atoms with Gasteiger partial charge in [0.1, 0.15) is 11.5 Å². The minimum absolute atomic E-state index is 0.0698. The number of nitrogens with two attached hydrogens (primary N) is 1. The zero-order valence-corrected chi connectivity index (χ0v) is 20.1. The zero-order chi connectivity index (χ0) is 24.1. The van der Waals surface area contributed by atoms with Gasteiger partial charge in [-0.05, 0) is 42.5 Å². The molecule has 0 spiro atoms. The van der Waals surface area contributed by atoms with E-state index in [0.717, 1.165) is 16.2 Å². The molecule has 1 aromatic heterocycles. The molecule has 170 valence electrons. The van der Waals surface area contributed by atoms with Crippen LogP contribution in [0.15, 0.2) is 53.0 Å². The Bertz CT molecular complexity index is 1280. The number of thiophene rings is 1. The Morgan fingerprint density at radius 1 is 1.33 bits per heavy atom. The molecule has 0 saturated heterocycles. The summed E-state index contributed by atoms with van der Waals surface area (Å²) in [4.78, 5) is 28.4. The second kappa shape index (κ2) is 8.32. The van der Waals surface area contributed by atoms with Crippen molar-refractivity contribution in [2.24, 2.45) is 11.1 Å². The summed E-state index contributed by atoms with van der Waals surface area (Å²) >= 11 is 7.59. The fraction of sp³-hybridized carbons (Fsp3) is 0.333. The van der Waals surface area contributed by atoms with Crippen LogP contribution in [0.25, 0.3) is 0 Å². The van der Waals surface area contributed by atoms with Gasteiger partial charge in [0.05, 0.1) is 22.5 Å². The molecule has 2 aliphatic rings. The van der Waals surface area contributed by atoms with Crippen LogP contribution in [0.3, 0.4) is 0 Å². The first kappa shape index (κ1) is 23.0. The molecule has 0 saturated carbocycles. The molecule has 1 aliphatic carbocycles. The minimum atomic E-state index is -0.582. The molecule has 0 amide bonds. The van der Waals surface area contributed by atoms with E-state index in [1.54, 1.807) is 11.3 Å². The molecule has 9 heteroatoms. The Morgan fingerprint density at radius 3 is 2.67 bits per heavy atom. The van der Waals surface area contributed by atoms with Crippen LogP contribution in [0.5, 0.6) is 0 Å². The molecule has 0 radical (unpaired) electrons. The topological polar surface area (TPSA) is 113 Å². The number of allylic oxidation sites excluding steroid dienone is 3. The molecule has 1 aromatic carbocycles. The summed E-state index contributed by atoms with van der Waals surface area (Å²) in [5, 5.41) is 22.2. The molecule has 0 bridgehead atoms. The van der Waals surface area contributed by atoms with Crippen molar-refractivity contribution >= 4 is 40.1 Å². The van der Waals surface area contributed by atoms with E-state index in [0.29, 0.717) is 24.1 Å². The Hall–Kier alpha value is -3.15. The summed E-state index contributed by atoms with van der Waals surface area (Å²) < 4.78 is 0. The number of carbonyl (C=O) groups excluding carboxylic acids is 1. The zero-order valence-electron chi connectivity index (χ0n) is 18.5.